The third-order valence-electron chi connectivity index (χ3n) is 6.68. The van der Waals surface area contributed by atoms with Gasteiger partial charge in [0.05, 0.1) is 4.90 Å². The van der Waals surface area contributed by atoms with E-state index >= 15 is 0 Å². The molecular weight excluding hydrogens is 621 g/mol. The number of carbonyl (C=O) groups excluding carboxylic acids is 2. The second kappa shape index (κ2) is 16.0. The van der Waals surface area contributed by atoms with Crippen LogP contribution in [0, 0.1) is 5.82 Å². The van der Waals surface area contributed by atoms with Crippen molar-refractivity contribution in [2.45, 2.75) is 23.9 Å². The molecule has 12 heteroatoms. The van der Waals surface area contributed by atoms with E-state index in [0.717, 1.165) is 17.7 Å². The average molecular weight is 654 g/mol. The molecule has 236 valence electrons. The Kier molecular flexibility index (Phi) is 11.9. The third kappa shape index (κ3) is 9.77. The van der Waals surface area contributed by atoms with Gasteiger partial charge in [-0.1, -0.05) is 54.1 Å². The van der Waals surface area contributed by atoms with Crippen molar-refractivity contribution in [2.75, 3.05) is 31.6 Å². The molecule has 0 saturated carbocycles. The van der Waals surface area contributed by atoms with Crippen LogP contribution in [0.15, 0.2) is 108 Å². The molecule has 4 rings (SSSR count). The van der Waals surface area contributed by atoms with Crippen LogP contribution in [0.4, 0.5) is 10.1 Å². The molecule has 45 heavy (non-hydrogen) atoms. The number of hydrogen-bond donors (Lipinski definition) is 2. The van der Waals surface area contributed by atoms with Gasteiger partial charge in [0.25, 0.3) is 15.9 Å². The Labute approximate surface area is 267 Å². The molecule has 0 aliphatic carbocycles. The lowest BCUT2D eigenvalue weighted by molar-refractivity contribution is -0.143. The summed E-state index contributed by atoms with van der Waals surface area (Å²) in [6.45, 7) is 0.505. The molecule has 9 nitrogen and oxygen atoms in total. The minimum absolute atomic E-state index is 0.0517. The zero-order valence-electron chi connectivity index (χ0n) is 24.5. The van der Waals surface area contributed by atoms with Crippen molar-refractivity contribution in [3.05, 3.63) is 125 Å². The van der Waals surface area contributed by atoms with Crippen LogP contribution in [-0.2, 0) is 30.9 Å². The number of ether oxygens (including phenoxy) is 2. The Morgan fingerprint density at radius 3 is 2.22 bits per heavy atom. The fraction of sp³-hybridized carbons (Fsp3) is 0.212. The number of anilines is 1. The van der Waals surface area contributed by atoms with Crippen LogP contribution in [0.5, 0.6) is 5.75 Å². The molecule has 0 bridgehead atoms. The van der Waals surface area contributed by atoms with E-state index in [1.54, 1.807) is 55.6 Å². The van der Waals surface area contributed by atoms with Gasteiger partial charge in [0.15, 0.2) is 6.61 Å². The van der Waals surface area contributed by atoms with Gasteiger partial charge in [0.1, 0.15) is 17.6 Å². The highest BCUT2D eigenvalue weighted by Gasteiger charge is 2.31. The number of benzene rings is 4. The first kappa shape index (κ1) is 33.4. The van der Waals surface area contributed by atoms with Crippen LogP contribution in [-0.4, -0.2) is 52.0 Å². The standard InChI is InChI=1S/C33H33ClFN3O6S/c1-43-21-5-20-36-33(40)32(25-6-3-2-4-7-25)38(22-24-8-10-26(34)11-9-24)31(39)23-44-29-16-18-30(19-17-29)45(41,42)37-28-14-12-27(35)13-15-28/h2-4,6-19,32,37H,5,20-23H2,1H3,(H,36,40)/t32-/m0/s1. The normalized spacial score (nSPS) is 11.8. The van der Waals surface area contributed by atoms with E-state index < -0.39 is 34.4 Å². The van der Waals surface area contributed by atoms with Crippen molar-refractivity contribution < 1.29 is 31.9 Å². The van der Waals surface area contributed by atoms with Gasteiger partial charge in [-0.15, -0.1) is 0 Å². The fourth-order valence-corrected chi connectivity index (χ4v) is 5.60. The van der Waals surface area contributed by atoms with Gasteiger partial charge in [0.2, 0.25) is 5.91 Å². The largest absolute Gasteiger partial charge is 0.484 e. The molecule has 4 aromatic rings. The van der Waals surface area contributed by atoms with Gasteiger partial charge in [-0.2, -0.15) is 0 Å². The zero-order valence-corrected chi connectivity index (χ0v) is 26.1. The van der Waals surface area contributed by atoms with E-state index in [1.807, 2.05) is 6.07 Å². The van der Waals surface area contributed by atoms with E-state index in [2.05, 4.69) is 10.0 Å². The summed E-state index contributed by atoms with van der Waals surface area (Å²) in [5.41, 5.74) is 1.58. The maximum atomic E-state index is 13.8. The first-order chi connectivity index (χ1) is 21.7. The summed E-state index contributed by atoms with van der Waals surface area (Å²) < 4.78 is 52.0. The number of sulfonamides is 1. The Hall–Kier alpha value is -4.45. The summed E-state index contributed by atoms with van der Waals surface area (Å²) in [5.74, 6) is -1.07. The van der Waals surface area contributed by atoms with Crippen molar-refractivity contribution in [2.24, 2.45) is 0 Å². The van der Waals surface area contributed by atoms with E-state index in [9.17, 15) is 22.4 Å². The maximum absolute atomic E-state index is 13.8. The van der Waals surface area contributed by atoms with Crippen molar-refractivity contribution in [1.29, 1.82) is 0 Å². The topological polar surface area (TPSA) is 114 Å². The quantitative estimate of drug-likeness (QED) is 0.162. The molecule has 0 radical (unpaired) electrons. The van der Waals surface area contributed by atoms with Gasteiger partial charge < -0.3 is 19.7 Å². The van der Waals surface area contributed by atoms with Gasteiger partial charge >= 0.3 is 0 Å². The van der Waals surface area contributed by atoms with Crippen molar-refractivity contribution in [1.82, 2.24) is 10.2 Å². The van der Waals surface area contributed by atoms with E-state index in [-0.39, 0.29) is 28.8 Å². The van der Waals surface area contributed by atoms with Crippen LogP contribution < -0.4 is 14.8 Å². The molecule has 4 aromatic carbocycles. The summed E-state index contributed by atoms with van der Waals surface area (Å²) >= 11 is 6.08. The lowest BCUT2D eigenvalue weighted by Gasteiger charge is -2.31. The maximum Gasteiger partial charge on any atom is 0.261 e. The fourth-order valence-electron chi connectivity index (χ4n) is 4.42. The molecule has 2 N–H and O–H groups in total. The Morgan fingerprint density at radius 1 is 0.911 bits per heavy atom. The molecule has 0 heterocycles. The van der Waals surface area contributed by atoms with E-state index in [1.165, 1.54) is 41.3 Å². The molecular formula is C33H33ClFN3O6S. The minimum atomic E-state index is -3.95. The number of nitrogens with one attached hydrogen (secondary N) is 2. The van der Waals surface area contributed by atoms with Crippen molar-refractivity contribution in [3.63, 3.8) is 0 Å². The highest BCUT2D eigenvalue weighted by atomic mass is 35.5. The van der Waals surface area contributed by atoms with Crippen LogP contribution in [0.1, 0.15) is 23.6 Å². The van der Waals surface area contributed by atoms with E-state index in [0.29, 0.717) is 30.2 Å². The Morgan fingerprint density at radius 2 is 1.58 bits per heavy atom. The Bertz CT molecular complexity index is 1660. The molecule has 2 amide bonds. The zero-order chi connectivity index (χ0) is 32.2. The summed E-state index contributed by atoms with van der Waals surface area (Å²) in [6.07, 6.45) is 0.600. The summed E-state index contributed by atoms with van der Waals surface area (Å²) in [7, 11) is -2.37. The van der Waals surface area contributed by atoms with Gasteiger partial charge in [-0.05, 0) is 78.2 Å². The second-order valence-corrected chi connectivity index (χ2v) is 12.1. The summed E-state index contributed by atoms with van der Waals surface area (Å²) in [4.78, 5) is 28.7. The molecule has 0 spiro atoms. The molecule has 0 fully saturated rings. The smallest absolute Gasteiger partial charge is 0.261 e. The number of rotatable bonds is 15. The van der Waals surface area contributed by atoms with Gasteiger partial charge in [-0.3, -0.25) is 14.3 Å². The molecule has 0 aliphatic heterocycles. The highest BCUT2D eigenvalue weighted by molar-refractivity contribution is 7.92. The number of amides is 2. The lowest BCUT2D eigenvalue weighted by atomic mass is 10.0. The Balaban J connectivity index is 1.53. The monoisotopic (exact) mass is 653 g/mol. The van der Waals surface area contributed by atoms with Crippen LogP contribution in [0.3, 0.4) is 0 Å². The third-order valence-corrected chi connectivity index (χ3v) is 8.33. The van der Waals surface area contributed by atoms with Crippen LogP contribution in [0.2, 0.25) is 5.02 Å². The van der Waals surface area contributed by atoms with Crippen LogP contribution >= 0.6 is 11.6 Å². The van der Waals surface area contributed by atoms with Crippen molar-refractivity contribution in [3.8, 4) is 5.75 Å². The van der Waals surface area contributed by atoms with Gasteiger partial charge in [0, 0.05) is 37.5 Å². The molecule has 0 aromatic heterocycles. The second-order valence-electron chi connectivity index (χ2n) is 9.97. The molecule has 0 saturated heterocycles. The predicted octanol–water partition coefficient (Wildman–Crippen LogP) is 5.58. The number of halogens is 2. The number of methoxy groups -OCH3 is 1. The molecule has 0 aliphatic rings. The first-order valence-corrected chi connectivity index (χ1v) is 15.9. The first-order valence-electron chi connectivity index (χ1n) is 14.0. The summed E-state index contributed by atoms with van der Waals surface area (Å²) in [5, 5.41) is 3.44. The van der Waals surface area contributed by atoms with E-state index in [4.69, 9.17) is 21.1 Å². The lowest BCUT2D eigenvalue weighted by Crippen LogP contribution is -2.45. The number of hydrogen-bond acceptors (Lipinski definition) is 6. The average Bonchev–Trinajstić information content (AvgIpc) is 3.04. The number of nitrogens with zero attached hydrogens (tertiary/aromatic N) is 1. The highest BCUT2D eigenvalue weighted by Crippen LogP contribution is 2.26. The SMILES string of the molecule is COCCCNC(=O)[C@H](c1ccccc1)N(Cc1ccc(Cl)cc1)C(=O)COc1ccc(S(=O)(=O)Nc2ccc(F)cc2)cc1. The molecule has 0 unspecified atom stereocenters. The molecule has 1 atom stereocenters. The number of carbonyl (C=O) groups is 2. The minimum Gasteiger partial charge on any atom is -0.484 e. The van der Waals surface area contributed by atoms with Crippen LogP contribution in [0.25, 0.3) is 0 Å². The van der Waals surface area contributed by atoms with Gasteiger partial charge in [-0.25, -0.2) is 12.8 Å². The summed E-state index contributed by atoms with van der Waals surface area (Å²) in [6, 6.07) is 25.4. The predicted molar refractivity (Wildman–Crippen MR) is 170 cm³/mol. The van der Waals surface area contributed by atoms with Crippen molar-refractivity contribution >= 4 is 39.1 Å².